The first kappa shape index (κ1) is 12.8. The van der Waals surface area contributed by atoms with Crippen LogP contribution in [0.25, 0.3) is 16.7 Å². The minimum atomic E-state index is -0.393. The van der Waals surface area contributed by atoms with E-state index in [1.807, 2.05) is 18.2 Å². The van der Waals surface area contributed by atoms with Crippen molar-refractivity contribution in [3.05, 3.63) is 56.5 Å². The van der Waals surface area contributed by atoms with E-state index in [0.717, 1.165) is 15.5 Å². The van der Waals surface area contributed by atoms with Gasteiger partial charge in [-0.05, 0) is 48.6 Å². The SMILES string of the molecule is Fc1cc(Cl)cc(-n2c(=S)[nH]c3cc(Br)ccc32)c1. The highest BCUT2D eigenvalue weighted by atomic mass is 79.9. The third-order valence-corrected chi connectivity index (χ3v) is 3.75. The minimum absolute atomic E-state index is 0.336. The molecule has 0 aliphatic carbocycles. The Labute approximate surface area is 127 Å². The fraction of sp³-hybridized carbons (Fsp3) is 0. The maximum absolute atomic E-state index is 13.5. The lowest BCUT2D eigenvalue weighted by atomic mass is 10.2. The number of aromatic amines is 1. The number of fused-ring (bicyclic) bond motifs is 1. The Balaban J connectivity index is 2.36. The summed E-state index contributed by atoms with van der Waals surface area (Å²) in [5.74, 6) is -0.393. The maximum atomic E-state index is 13.5. The predicted octanol–water partition coefficient (Wildman–Crippen LogP) is 5.24. The van der Waals surface area contributed by atoms with E-state index in [9.17, 15) is 4.39 Å². The number of H-pyrrole nitrogens is 1. The van der Waals surface area contributed by atoms with E-state index in [2.05, 4.69) is 20.9 Å². The topological polar surface area (TPSA) is 20.7 Å². The second-order valence-electron chi connectivity index (χ2n) is 4.05. The molecule has 1 N–H and O–H groups in total. The summed E-state index contributed by atoms with van der Waals surface area (Å²) in [6, 6.07) is 10.1. The van der Waals surface area contributed by atoms with Crippen molar-refractivity contribution >= 4 is 50.8 Å². The van der Waals surface area contributed by atoms with E-state index in [1.54, 1.807) is 10.6 Å². The highest BCUT2D eigenvalue weighted by molar-refractivity contribution is 9.10. The number of benzene rings is 2. The molecule has 2 aromatic carbocycles. The summed E-state index contributed by atoms with van der Waals surface area (Å²) in [7, 11) is 0. The van der Waals surface area contributed by atoms with Crippen LogP contribution in [0.5, 0.6) is 0 Å². The lowest BCUT2D eigenvalue weighted by Gasteiger charge is -2.05. The molecule has 0 radical (unpaired) electrons. The number of nitrogens with zero attached hydrogens (tertiary/aromatic N) is 1. The van der Waals surface area contributed by atoms with Gasteiger partial charge in [-0.15, -0.1) is 0 Å². The zero-order valence-corrected chi connectivity index (χ0v) is 12.6. The fourth-order valence-electron chi connectivity index (χ4n) is 2.01. The van der Waals surface area contributed by atoms with Gasteiger partial charge in [0.05, 0.1) is 16.7 Å². The molecule has 0 unspecified atom stereocenters. The summed E-state index contributed by atoms with van der Waals surface area (Å²) in [4.78, 5) is 3.09. The molecule has 0 saturated heterocycles. The summed E-state index contributed by atoms with van der Waals surface area (Å²) >= 11 is 14.6. The van der Waals surface area contributed by atoms with Crippen LogP contribution < -0.4 is 0 Å². The van der Waals surface area contributed by atoms with Crippen LogP contribution in [0.15, 0.2) is 40.9 Å². The second kappa shape index (κ2) is 4.74. The quantitative estimate of drug-likeness (QED) is 0.590. The Morgan fingerprint density at radius 2 is 2.00 bits per heavy atom. The molecule has 2 nitrogen and oxygen atoms in total. The number of nitrogens with one attached hydrogen (secondary N) is 1. The molecule has 0 fully saturated rings. The number of halogens is 3. The van der Waals surface area contributed by atoms with Crippen molar-refractivity contribution in [1.29, 1.82) is 0 Å². The van der Waals surface area contributed by atoms with Gasteiger partial charge in [0.1, 0.15) is 5.82 Å². The molecule has 1 aromatic heterocycles. The van der Waals surface area contributed by atoms with Crippen LogP contribution in [0.1, 0.15) is 0 Å². The van der Waals surface area contributed by atoms with Crippen LogP contribution in [0, 0.1) is 10.6 Å². The molecule has 3 rings (SSSR count). The summed E-state index contributed by atoms with van der Waals surface area (Å²) in [6.07, 6.45) is 0. The van der Waals surface area contributed by atoms with Gasteiger partial charge in [0.25, 0.3) is 0 Å². The number of hydrogen-bond donors (Lipinski definition) is 1. The van der Waals surface area contributed by atoms with Gasteiger partial charge in [0.15, 0.2) is 4.77 Å². The van der Waals surface area contributed by atoms with E-state index in [1.165, 1.54) is 12.1 Å². The number of rotatable bonds is 1. The van der Waals surface area contributed by atoms with Crippen LogP contribution in [0.4, 0.5) is 4.39 Å². The normalized spacial score (nSPS) is 11.1. The van der Waals surface area contributed by atoms with Gasteiger partial charge >= 0.3 is 0 Å². The Morgan fingerprint density at radius 3 is 2.74 bits per heavy atom. The molecule has 0 aliphatic heterocycles. The molecule has 1 heterocycles. The molecule has 19 heavy (non-hydrogen) atoms. The van der Waals surface area contributed by atoms with E-state index in [0.29, 0.717) is 15.5 Å². The molecular formula is C13H7BrClFN2S. The maximum Gasteiger partial charge on any atom is 0.182 e. The Morgan fingerprint density at radius 1 is 1.21 bits per heavy atom. The molecule has 0 spiro atoms. The zero-order valence-electron chi connectivity index (χ0n) is 9.45. The lowest BCUT2D eigenvalue weighted by Crippen LogP contribution is -1.94. The van der Waals surface area contributed by atoms with Crippen molar-refractivity contribution < 1.29 is 4.39 Å². The average Bonchev–Trinajstić information content (AvgIpc) is 2.62. The van der Waals surface area contributed by atoms with Crippen LogP contribution >= 0.6 is 39.7 Å². The van der Waals surface area contributed by atoms with Gasteiger partial charge in [0, 0.05) is 9.50 Å². The Hall–Kier alpha value is -1.17. The standard InChI is InChI=1S/C13H7BrClFN2S/c14-7-1-2-12-11(3-7)17-13(19)18(12)10-5-8(15)4-9(16)6-10/h1-6H,(H,17,19). The average molecular weight is 358 g/mol. The van der Waals surface area contributed by atoms with Crippen LogP contribution in [0.2, 0.25) is 5.02 Å². The number of aromatic nitrogens is 2. The van der Waals surface area contributed by atoms with Crippen LogP contribution in [-0.2, 0) is 0 Å². The smallest absolute Gasteiger partial charge is 0.182 e. The lowest BCUT2D eigenvalue weighted by molar-refractivity contribution is 0.627. The molecular weight excluding hydrogens is 351 g/mol. The minimum Gasteiger partial charge on any atom is -0.330 e. The van der Waals surface area contributed by atoms with Crippen molar-refractivity contribution in [2.24, 2.45) is 0 Å². The highest BCUT2D eigenvalue weighted by Crippen LogP contribution is 2.25. The third-order valence-electron chi connectivity index (χ3n) is 2.75. The van der Waals surface area contributed by atoms with Gasteiger partial charge in [-0.1, -0.05) is 27.5 Å². The van der Waals surface area contributed by atoms with Gasteiger partial charge in [0.2, 0.25) is 0 Å². The largest absolute Gasteiger partial charge is 0.330 e. The van der Waals surface area contributed by atoms with Crippen molar-refractivity contribution in [2.45, 2.75) is 0 Å². The second-order valence-corrected chi connectivity index (χ2v) is 5.79. The van der Waals surface area contributed by atoms with E-state index >= 15 is 0 Å². The zero-order chi connectivity index (χ0) is 13.6. The molecule has 6 heteroatoms. The third kappa shape index (κ3) is 2.33. The molecule has 0 aliphatic rings. The summed E-state index contributed by atoms with van der Waals surface area (Å²) in [5.41, 5.74) is 2.35. The van der Waals surface area contributed by atoms with Gasteiger partial charge in [-0.25, -0.2) is 4.39 Å². The highest BCUT2D eigenvalue weighted by Gasteiger charge is 2.08. The van der Waals surface area contributed by atoms with Gasteiger partial charge < -0.3 is 4.98 Å². The van der Waals surface area contributed by atoms with E-state index in [4.69, 9.17) is 23.8 Å². The van der Waals surface area contributed by atoms with Crippen molar-refractivity contribution in [3.8, 4) is 5.69 Å². The summed E-state index contributed by atoms with van der Waals surface area (Å²) in [5, 5.41) is 0.336. The van der Waals surface area contributed by atoms with Crippen molar-refractivity contribution in [3.63, 3.8) is 0 Å². The van der Waals surface area contributed by atoms with Crippen molar-refractivity contribution in [2.75, 3.05) is 0 Å². The van der Waals surface area contributed by atoms with Crippen LogP contribution in [-0.4, -0.2) is 9.55 Å². The molecule has 96 valence electrons. The van der Waals surface area contributed by atoms with E-state index < -0.39 is 5.82 Å². The molecule has 0 bridgehead atoms. The predicted molar refractivity (Wildman–Crippen MR) is 81.1 cm³/mol. The van der Waals surface area contributed by atoms with Gasteiger partial charge in [-0.2, -0.15) is 0 Å². The number of imidazole rings is 1. The molecule has 3 aromatic rings. The first-order valence-corrected chi connectivity index (χ1v) is 6.99. The monoisotopic (exact) mass is 356 g/mol. The first-order valence-electron chi connectivity index (χ1n) is 5.41. The first-order chi connectivity index (χ1) is 9.04. The summed E-state index contributed by atoms with van der Waals surface area (Å²) < 4.78 is 16.7. The van der Waals surface area contributed by atoms with Gasteiger partial charge in [-0.3, -0.25) is 4.57 Å². The Bertz CT molecular complexity index is 820. The summed E-state index contributed by atoms with van der Waals surface area (Å²) in [6.45, 7) is 0. The Kier molecular flexibility index (Phi) is 3.20. The molecule has 0 amide bonds. The van der Waals surface area contributed by atoms with Crippen molar-refractivity contribution in [1.82, 2.24) is 9.55 Å². The van der Waals surface area contributed by atoms with Crippen LogP contribution in [0.3, 0.4) is 0 Å². The number of hydrogen-bond acceptors (Lipinski definition) is 1. The molecule has 0 atom stereocenters. The fourth-order valence-corrected chi connectivity index (χ4v) is 2.90. The molecule has 0 saturated carbocycles. The van der Waals surface area contributed by atoms with E-state index in [-0.39, 0.29) is 0 Å².